The molecule has 0 heterocycles. The smallest absolute Gasteiger partial charge is 0.305 e. The van der Waals surface area contributed by atoms with Gasteiger partial charge in [0.05, 0.1) is 7.11 Å². The maximum absolute atomic E-state index is 11.2. The van der Waals surface area contributed by atoms with Gasteiger partial charge in [0.2, 0.25) is 0 Å². The lowest BCUT2D eigenvalue weighted by molar-refractivity contribution is -0.142. The molecule has 0 aliphatic heterocycles. The normalized spacial score (nSPS) is 25.4. The zero-order chi connectivity index (χ0) is 10.9. The molecule has 0 aromatic rings. The van der Waals surface area contributed by atoms with Crippen molar-refractivity contribution in [3.8, 4) is 0 Å². The lowest BCUT2D eigenvalue weighted by Crippen LogP contribution is -2.23. The van der Waals surface area contributed by atoms with E-state index in [1.165, 1.54) is 18.3 Å². The predicted molar refractivity (Wildman–Crippen MR) is 56.9 cm³/mol. The molecule has 0 aromatic heterocycles. The van der Waals surface area contributed by atoms with Gasteiger partial charge in [0.15, 0.2) is 0 Å². The average Bonchev–Trinajstić information content (AvgIpc) is 2.30. The van der Waals surface area contributed by atoms with Crippen LogP contribution in [0.4, 0.5) is 0 Å². The van der Waals surface area contributed by atoms with Crippen molar-refractivity contribution in [1.29, 1.82) is 0 Å². The molecule has 0 bridgehead atoms. The molecule has 14 heavy (non-hydrogen) atoms. The van der Waals surface area contributed by atoms with Crippen LogP contribution in [0.2, 0.25) is 0 Å². The minimum atomic E-state index is -0.0921. The van der Waals surface area contributed by atoms with Gasteiger partial charge >= 0.3 is 5.97 Å². The molecule has 2 nitrogen and oxygen atoms in total. The molecule has 1 rings (SSSR count). The number of carbonyl (C=O) groups is 1. The van der Waals surface area contributed by atoms with Crippen molar-refractivity contribution < 1.29 is 9.53 Å². The molecule has 0 amide bonds. The van der Waals surface area contributed by atoms with Crippen molar-refractivity contribution in [3.63, 3.8) is 0 Å². The molecule has 0 saturated heterocycles. The zero-order valence-corrected chi connectivity index (χ0v) is 9.81. The summed E-state index contributed by atoms with van der Waals surface area (Å²) >= 11 is 0. The van der Waals surface area contributed by atoms with E-state index in [1.54, 1.807) is 0 Å². The average molecular weight is 196 g/mol. The molecular weight excluding hydrogens is 176 g/mol. The van der Waals surface area contributed by atoms with Crippen LogP contribution in [0.25, 0.3) is 0 Å². The van der Waals surface area contributed by atoms with Crippen LogP contribution in [0, 0.1) is 11.3 Å². The fraction of sp³-hybridized carbons (Fsp3) is 0.750. The Balaban J connectivity index is 2.73. The van der Waals surface area contributed by atoms with Gasteiger partial charge in [0, 0.05) is 6.42 Å². The summed E-state index contributed by atoms with van der Waals surface area (Å²) in [5, 5.41) is 0. The van der Waals surface area contributed by atoms with Gasteiger partial charge in [-0.25, -0.2) is 0 Å². The number of allylic oxidation sites excluding steroid dienone is 2. The second-order valence-electron chi connectivity index (χ2n) is 4.81. The molecule has 0 aromatic carbocycles. The second kappa shape index (κ2) is 3.76. The van der Waals surface area contributed by atoms with Crippen molar-refractivity contribution >= 4 is 5.97 Å². The molecule has 0 radical (unpaired) electrons. The van der Waals surface area contributed by atoms with Crippen molar-refractivity contribution in [3.05, 3.63) is 11.1 Å². The Labute approximate surface area is 86.3 Å². The van der Waals surface area contributed by atoms with E-state index in [0.717, 1.165) is 6.42 Å². The topological polar surface area (TPSA) is 26.3 Å². The van der Waals surface area contributed by atoms with Crippen LogP contribution in [0.15, 0.2) is 11.1 Å². The minimum Gasteiger partial charge on any atom is -0.469 e. The lowest BCUT2D eigenvalue weighted by atomic mass is 9.76. The monoisotopic (exact) mass is 196 g/mol. The predicted octanol–water partition coefficient (Wildman–Crippen LogP) is 2.93. The van der Waals surface area contributed by atoms with E-state index in [2.05, 4.69) is 27.7 Å². The summed E-state index contributed by atoms with van der Waals surface area (Å²) < 4.78 is 4.72. The van der Waals surface area contributed by atoms with Crippen LogP contribution < -0.4 is 0 Å². The van der Waals surface area contributed by atoms with E-state index >= 15 is 0 Å². The number of methoxy groups -OCH3 is 1. The van der Waals surface area contributed by atoms with E-state index in [9.17, 15) is 4.79 Å². The zero-order valence-electron chi connectivity index (χ0n) is 9.81. The van der Waals surface area contributed by atoms with E-state index in [0.29, 0.717) is 12.3 Å². The lowest BCUT2D eigenvalue weighted by Gasteiger charge is -2.28. The molecule has 0 N–H and O–H groups in total. The second-order valence-corrected chi connectivity index (χ2v) is 4.81. The number of hydrogen-bond donors (Lipinski definition) is 0. The fourth-order valence-corrected chi connectivity index (χ4v) is 2.25. The van der Waals surface area contributed by atoms with Gasteiger partial charge in [-0.2, -0.15) is 0 Å². The van der Waals surface area contributed by atoms with Gasteiger partial charge < -0.3 is 4.74 Å². The van der Waals surface area contributed by atoms with Crippen molar-refractivity contribution in [2.24, 2.45) is 11.3 Å². The summed E-state index contributed by atoms with van der Waals surface area (Å²) in [7, 11) is 1.46. The molecule has 0 fully saturated rings. The first-order chi connectivity index (χ1) is 6.39. The van der Waals surface area contributed by atoms with Crippen LogP contribution in [0.5, 0.6) is 0 Å². The van der Waals surface area contributed by atoms with Gasteiger partial charge in [0.1, 0.15) is 0 Å². The SMILES string of the molecule is COC(=O)CC1CC(C)=C(C)C1(C)C. The van der Waals surface area contributed by atoms with Gasteiger partial charge in [-0.3, -0.25) is 4.79 Å². The Kier molecular flexibility index (Phi) is 3.03. The Morgan fingerprint density at radius 1 is 1.50 bits per heavy atom. The molecule has 1 aliphatic carbocycles. The summed E-state index contributed by atoms with van der Waals surface area (Å²) in [6.45, 7) is 8.76. The molecule has 1 unspecified atom stereocenters. The molecule has 2 heteroatoms. The van der Waals surface area contributed by atoms with Crippen LogP contribution >= 0.6 is 0 Å². The number of rotatable bonds is 2. The van der Waals surface area contributed by atoms with Crippen LogP contribution in [0.3, 0.4) is 0 Å². The van der Waals surface area contributed by atoms with Gasteiger partial charge in [0.25, 0.3) is 0 Å². The van der Waals surface area contributed by atoms with Crippen molar-refractivity contribution in [2.75, 3.05) is 7.11 Å². The highest BCUT2D eigenvalue weighted by atomic mass is 16.5. The standard InChI is InChI=1S/C12H20O2/c1-8-6-10(7-11(13)14-5)12(3,4)9(8)2/h10H,6-7H2,1-5H3. The third-order valence-corrected chi connectivity index (χ3v) is 3.82. The minimum absolute atomic E-state index is 0.0921. The number of hydrogen-bond acceptors (Lipinski definition) is 2. The summed E-state index contributed by atoms with van der Waals surface area (Å²) in [5.41, 5.74) is 3.02. The van der Waals surface area contributed by atoms with Crippen LogP contribution in [0.1, 0.15) is 40.5 Å². The Bertz CT molecular complexity index is 274. The highest BCUT2D eigenvalue weighted by molar-refractivity contribution is 5.70. The highest BCUT2D eigenvalue weighted by Crippen LogP contribution is 2.48. The van der Waals surface area contributed by atoms with Crippen LogP contribution in [-0.4, -0.2) is 13.1 Å². The highest BCUT2D eigenvalue weighted by Gasteiger charge is 2.38. The Morgan fingerprint density at radius 3 is 2.43 bits per heavy atom. The Morgan fingerprint density at radius 2 is 2.07 bits per heavy atom. The maximum atomic E-state index is 11.2. The Hall–Kier alpha value is -0.790. The molecule has 0 spiro atoms. The summed E-state index contributed by atoms with van der Waals surface area (Å²) in [4.78, 5) is 11.2. The fourth-order valence-electron chi connectivity index (χ4n) is 2.25. The maximum Gasteiger partial charge on any atom is 0.305 e. The first-order valence-corrected chi connectivity index (χ1v) is 5.13. The molecule has 0 saturated carbocycles. The number of esters is 1. The summed E-state index contributed by atoms with van der Waals surface area (Å²) in [6, 6.07) is 0. The van der Waals surface area contributed by atoms with E-state index in [4.69, 9.17) is 4.74 Å². The van der Waals surface area contributed by atoms with Gasteiger partial charge in [-0.05, 0) is 31.6 Å². The van der Waals surface area contributed by atoms with E-state index in [-0.39, 0.29) is 11.4 Å². The molecular formula is C12H20O2. The summed E-state index contributed by atoms with van der Waals surface area (Å²) in [5.74, 6) is 0.320. The third-order valence-electron chi connectivity index (χ3n) is 3.82. The van der Waals surface area contributed by atoms with E-state index < -0.39 is 0 Å². The summed E-state index contributed by atoms with van der Waals surface area (Å²) in [6.07, 6.45) is 1.58. The molecule has 80 valence electrons. The van der Waals surface area contributed by atoms with Crippen molar-refractivity contribution in [1.82, 2.24) is 0 Å². The first-order valence-electron chi connectivity index (χ1n) is 5.13. The quantitative estimate of drug-likeness (QED) is 0.501. The third kappa shape index (κ3) is 1.84. The van der Waals surface area contributed by atoms with E-state index in [1.807, 2.05) is 0 Å². The molecule has 1 atom stereocenters. The number of carbonyl (C=O) groups excluding carboxylic acids is 1. The molecule has 1 aliphatic rings. The van der Waals surface area contributed by atoms with Crippen LogP contribution in [-0.2, 0) is 9.53 Å². The first kappa shape index (κ1) is 11.3. The number of ether oxygens (including phenoxy) is 1. The largest absolute Gasteiger partial charge is 0.469 e. The van der Waals surface area contributed by atoms with Gasteiger partial charge in [-0.15, -0.1) is 0 Å². The van der Waals surface area contributed by atoms with Crippen molar-refractivity contribution in [2.45, 2.75) is 40.5 Å². The van der Waals surface area contributed by atoms with Gasteiger partial charge in [-0.1, -0.05) is 25.0 Å².